The zero-order valence-corrected chi connectivity index (χ0v) is 13.1. The van der Waals surface area contributed by atoms with Gasteiger partial charge in [-0.15, -0.1) is 0 Å². The normalized spacial score (nSPS) is 17.5. The van der Waals surface area contributed by atoms with Crippen molar-refractivity contribution in [1.82, 2.24) is 10.2 Å². The minimum absolute atomic E-state index is 0.265. The van der Waals surface area contributed by atoms with Gasteiger partial charge in [0.05, 0.1) is 19.3 Å². The number of ether oxygens (including phenoxy) is 1. The minimum atomic E-state index is 0.265. The standard InChI is InChI=1S/C18H24N2O2/c1-15-7-8-18(22-15)17(20-9-11-21-12-10-20)14-19-13-16-5-3-2-4-6-16/h2-8,17,19H,9-14H2,1H3. The van der Waals surface area contributed by atoms with Crippen LogP contribution in [-0.4, -0.2) is 37.7 Å². The van der Waals surface area contributed by atoms with Crippen molar-refractivity contribution in [3.63, 3.8) is 0 Å². The van der Waals surface area contributed by atoms with E-state index < -0.39 is 0 Å². The molecule has 1 aromatic heterocycles. The number of benzene rings is 1. The zero-order chi connectivity index (χ0) is 15.2. The van der Waals surface area contributed by atoms with Gasteiger partial charge in [-0.05, 0) is 24.6 Å². The molecular formula is C18H24N2O2. The van der Waals surface area contributed by atoms with Crippen LogP contribution < -0.4 is 5.32 Å². The third kappa shape index (κ3) is 3.97. The van der Waals surface area contributed by atoms with Crippen LogP contribution in [-0.2, 0) is 11.3 Å². The molecule has 0 radical (unpaired) electrons. The van der Waals surface area contributed by atoms with Gasteiger partial charge in [-0.2, -0.15) is 0 Å². The Bertz CT molecular complexity index is 561. The van der Waals surface area contributed by atoms with Crippen molar-refractivity contribution in [2.45, 2.75) is 19.5 Å². The first-order valence-corrected chi connectivity index (χ1v) is 7.96. The Morgan fingerprint density at radius 1 is 1.09 bits per heavy atom. The second kappa shape index (κ2) is 7.58. The predicted molar refractivity (Wildman–Crippen MR) is 86.7 cm³/mol. The van der Waals surface area contributed by atoms with Gasteiger partial charge in [0.15, 0.2) is 0 Å². The number of hydrogen-bond donors (Lipinski definition) is 1. The van der Waals surface area contributed by atoms with E-state index in [0.717, 1.165) is 50.9 Å². The molecule has 4 heteroatoms. The number of morpholine rings is 1. The lowest BCUT2D eigenvalue weighted by Crippen LogP contribution is -2.42. The first kappa shape index (κ1) is 15.3. The second-order valence-corrected chi connectivity index (χ2v) is 5.73. The molecule has 0 amide bonds. The van der Waals surface area contributed by atoms with Crippen LogP contribution in [0.3, 0.4) is 0 Å². The smallest absolute Gasteiger partial charge is 0.122 e. The van der Waals surface area contributed by atoms with Crippen LogP contribution in [0.25, 0.3) is 0 Å². The molecule has 118 valence electrons. The van der Waals surface area contributed by atoms with Crippen molar-refractivity contribution >= 4 is 0 Å². The van der Waals surface area contributed by atoms with Crippen LogP contribution in [0.1, 0.15) is 23.1 Å². The SMILES string of the molecule is Cc1ccc(C(CNCc2ccccc2)N2CCOCC2)o1. The highest BCUT2D eigenvalue weighted by molar-refractivity contribution is 5.15. The summed E-state index contributed by atoms with van der Waals surface area (Å²) in [6.07, 6.45) is 0. The average Bonchev–Trinajstić information content (AvgIpc) is 2.99. The highest BCUT2D eigenvalue weighted by atomic mass is 16.5. The number of hydrogen-bond acceptors (Lipinski definition) is 4. The fourth-order valence-corrected chi connectivity index (χ4v) is 2.88. The molecule has 1 aromatic carbocycles. The van der Waals surface area contributed by atoms with E-state index in [1.54, 1.807) is 0 Å². The molecule has 1 aliphatic heterocycles. The molecule has 0 bridgehead atoms. The summed E-state index contributed by atoms with van der Waals surface area (Å²) in [5.41, 5.74) is 1.30. The molecule has 22 heavy (non-hydrogen) atoms. The van der Waals surface area contributed by atoms with Crippen molar-refractivity contribution < 1.29 is 9.15 Å². The first-order chi connectivity index (χ1) is 10.8. The van der Waals surface area contributed by atoms with Crippen LogP contribution >= 0.6 is 0 Å². The quantitative estimate of drug-likeness (QED) is 0.890. The van der Waals surface area contributed by atoms with E-state index in [1.807, 2.05) is 19.1 Å². The summed E-state index contributed by atoms with van der Waals surface area (Å²) < 4.78 is 11.4. The van der Waals surface area contributed by atoms with Crippen molar-refractivity contribution in [2.24, 2.45) is 0 Å². The molecule has 1 unspecified atom stereocenters. The average molecular weight is 300 g/mol. The Hall–Kier alpha value is -1.62. The summed E-state index contributed by atoms with van der Waals surface area (Å²) in [6.45, 7) is 7.26. The molecule has 1 aliphatic rings. The first-order valence-electron chi connectivity index (χ1n) is 7.96. The number of furan rings is 1. The van der Waals surface area contributed by atoms with E-state index in [9.17, 15) is 0 Å². The third-order valence-electron chi connectivity index (χ3n) is 4.09. The molecule has 3 rings (SSSR count). The van der Waals surface area contributed by atoms with Crippen molar-refractivity contribution in [1.29, 1.82) is 0 Å². The summed E-state index contributed by atoms with van der Waals surface area (Å²) in [7, 11) is 0. The van der Waals surface area contributed by atoms with E-state index in [0.29, 0.717) is 0 Å². The number of aryl methyl sites for hydroxylation is 1. The van der Waals surface area contributed by atoms with Gasteiger partial charge in [0, 0.05) is 26.2 Å². The van der Waals surface area contributed by atoms with Crippen LogP contribution in [0.5, 0.6) is 0 Å². The van der Waals surface area contributed by atoms with Crippen molar-refractivity contribution in [3.05, 3.63) is 59.5 Å². The molecule has 0 aliphatic carbocycles. The van der Waals surface area contributed by atoms with E-state index in [4.69, 9.17) is 9.15 Å². The Kier molecular flexibility index (Phi) is 5.27. The topological polar surface area (TPSA) is 37.6 Å². The Labute approximate surface area is 132 Å². The van der Waals surface area contributed by atoms with Gasteiger partial charge in [0.1, 0.15) is 11.5 Å². The fourth-order valence-electron chi connectivity index (χ4n) is 2.88. The van der Waals surface area contributed by atoms with Gasteiger partial charge in [0.2, 0.25) is 0 Å². The fraction of sp³-hybridized carbons (Fsp3) is 0.444. The maximum absolute atomic E-state index is 5.88. The maximum Gasteiger partial charge on any atom is 0.122 e. The van der Waals surface area contributed by atoms with Gasteiger partial charge in [-0.1, -0.05) is 30.3 Å². The van der Waals surface area contributed by atoms with Gasteiger partial charge in [-0.3, -0.25) is 4.90 Å². The maximum atomic E-state index is 5.88. The monoisotopic (exact) mass is 300 g/mol. The molecule has 1 fully saturated rings. The largest absolute Gasteiger partial charge is 0.465 e. The molecule has 2 heterocycles. The molecule has 0 spiro atoms. The lowest BCUT2D eigenvalue weighted by atomic mass is 10.1. The van der Waals surface area contributed by atoms with Gasteiger partial charge < -0.3 is 14.5 Å². The molecule has 0 saturated carbocycles. The van der Waals surface area contributed by atoms with Crippen LogP contribution in [0.4, 0.5) is 0 Å². The number of nitrogens with zero attached hydrogens (tertiary/aromatic N) is 1. The number of rotatable bonds is 6. The summed E-state index contributed by atoms with van der Waals surface area (Å²) in [5, 5.41) is 3.56. The summed E-state index contributed by atoms with van der Waals surface area (Å²) >= 11 is 0. The molecule has 4 nitrogen and oxygen atoms in total. The van der Waals surface area contributed by atoms with Crippen LogP contribution in [0.15, 0.2) is 46.9 Å². The van der Waals surface area contributed by atoms with E-state index >= 15 is 0 Å². The molecule has 2 aromatic rings. The summed E-state index contributed by atoms with van der Waals surface area (Å²) in [6, 6.07) is 14.9. The number of nitrogens with one attached hydrogen (secondary N) is 1. The van der Waals surface area contributed by atoms with E-state index in [2.05, 4.69) is 40.5 Å². The highest BCUT2D eigenvalue weighted by Gasteiger charge is 2.24. The third-order valence-corrected chi connectivity index (χ3v) is 4.09. The van der Waals surface area contributed by atoms with Crippen molar-refractivity contribution in [3.8, 4) is 0 Å². The molecular weight excluding hydrogens is 276 g/mol. The van der Waals surface area contributed by atoms with Crippen molar-refractivity contribution in [2.75, 3.05) is 32.8 Å². The van der Waals surface area contributed by atoms with E-state index in [1.165, 1.54) is 5.56 Å². The van der Waals surface area contributed by atoms with Crippen LogP contribution in [0, 0.1) is 6.92 Å². The van der Waals surface area contributed by atoms with Crippen LogP contribution in [0.2, 0.25) is 0 Å². The lowest BCUT2D eigenvalue weighted by Gasteiger charge is -2.33. The Morgan fingerprint density at radius 2 is 1.86 bits per heavy atom. The summed E-state index contributed by atoms with van der Waals surface area (Å²) in [4.78, 5) is 2.44. The van der Waals surface area contributed by atoms with Gasteiger partial charge >= 0.3 is 0 Å². The Morgan fingerprint density at radius 3 is 2.55 bits per heavy atom. The molecule has 1 atom stereocenters. The van der Waals surface area contributed by atoms with E-state index in [-0.39, 0.29) is 6.04 Å². The zero-order valence-electron chi connectivity index (χ0n) is 13.1. The highest BCUT2D eigenvalue weighted by Crippen LogP contribution is 2.23. The molecule has 1 saturated heterocycles. The Balaban J connectivity index is 1.63. The minimum Gasteiger partial charge on any atom is -0.465 e. The van der Waals surface area contributed by atoms with Gasteiger partial charge in [0.25, 0.3) is 0 Å². The lowest BCUT2D eigenvalue weighted by molar-refractivity contribution is 0.0115. The summed E-state index contributed by atoms with van der Waals surface area (Å²) in [5.74, 6) is 2.01. The van der Waals surface area contributed by atoms with Gasteiger partial charge in [-0.25, -0.2) is 0 Å². The predicted octanol–water partition coefficient (Wildman–Crippen LogP) is 2.75. The molecule has 1 N–H and O–H groups in total. The second-order valence-electron chi connectivity index (χ2n) is 5.73.